The number of halogens is 2. The number of fused-ring (bicyclic) bond motifs is 1. The first-order valence-electron chi connectivity index (χ1n) is 10.7. The van der Waals surface area contributed by atoms with Gasteiger partial charge in [-0.2, -0.15) is 0 Å². The molecule has 0 aliphatic heterocycles. The summed E-state index contributed by atoms with van der Waals surface area (Å²) in [4.78, 5) is 29.4. The predicted octanol–water partition coefficient (Wildman–Crippen LogP) is 5.04. The van der Waals surface area contributed by atoms with Crippen LogP contribution in [0.5, 0.6) is 0 Å². The van der Waals surface area contributed by atoms with Crippen LogP contribution >= 0.6 is 23.2 Å². The summed E-state index contributed by atoms with van der Waals surface area (Å²) in [6.07, 6.45) is 1.19. The topological polar surface area (TPSA) is 113 Å². The van der Waals surface area contributed by atoms with Crippen LogP contribution in [0.4, 0.5) is 0 Å². The SMILES string of the molecule is CS(=O)(=O)c1ccc(-c2ccc3cc(CC(NC(=O)c4c(Cl)cccc4Cl)C(=O)O)ccc3n2)cc1. The molecule has 4 aromatic rings. The Hall–Kier alpha value is -3.46. The van der Waals surface area contributed by atoms with Gasteiger partial charge in [0.1, 0.15) is 6.04 Å². The Kier molecular flexibility index (Phi) is 7.31. The number of aromatic nitrogens is 1. The van der Waals surface area contributed by atoms with E-state index in [1.807, 2.05) is 12.1 Å². The van der Waals surface area contributed by atoms with Crippen LogP contribution in [-0.4, -0.2) is 42.7 Å². The van der Waals surface area contributed by atoms with Gasteiger partial charge in [0.15, 0.2) is 9.84 Å². The minimum absolute atomic E-state index is 0.0203. The molecule has 0 fully saturated rings. The van der Waals surface area contributed by atoms with Crippen molar-refractivity contribution in [1.82, 2.24) is 10.3 Å². The predicted molar refractivity (Wildman–Crippen MR) is 139 cm³/mol. The maximum atomic E-state index is 12.7. The van der Waals surface area contributed by atoms with Crippen molar-refractivity contribution in [2.24, 2.45) is 0 Å². The molecule has 0 spiro atoms. The Morgan fingerprint density at radius 1 is 0.972 bits per heavy atom. The van der Waals surface area contributed by atoms with Crippen molar-refractivity contribution < 1.29 is 23.1 Å². The van der Waals surface area contributed by atoms with Crippen molar-refractivity contribution in [2.75, 3.05) is 6.26 Å². The Labute approximate surface area is 217 Å². The summed E-state index contributed by atoms with van der Waals surface area (Å²) < 4.78 is 23.4. The molecule has 0 aliphatic rings. The lowest BCUT2D eigenvalue weighted by atomic mass is 10.0. The summed E-state index contributed by atoms with van der Waals surface area (Å²) in [5.74, 6) is -1.87. The summed E-state index contributed by atoms with van der Waals surface area (Å²) in [7, 11) is -3.29. The van der Waals surface area contributed by atoms with E-state index in [2.05, 4.69) is 10.3 Å². The number of benzene rings is 3. The first kappa shape index (κ1) is 25.6. The monoisotopic (exact) mass is 542 g/mol. The van der Waals surface area contributed by atoms with Crippen molar-refractivity contribution in [2.45, 2.75) is 17.4 Å². The smallest absolute Gasteiger partial charge is 0.326 e. The lowest BCUT2D eigenvalue weighted by molar-refractivity contribution is -0.139. The van der Waals surface area contributed by atoms with Gasteiger partial charge >= 0.3 is 5.97 Å². The molecule has 0 radical (unpaired) electrons. The average Bonchev–Trinajstić information content (AvgIpc) is 2.82. The summed E-state index contributed by atoms with van der Waals surface area (Å²) in [5.41, 5.74) is 2.82. The van der Waals surface area contributed by atoms with E-state index in [9.17, 15) is 23.1 Å². The van der Waals surface area contributed by atoms with Crippen molar-refractivity contribution in [3.63, 3.8) is 0 Å². The number of carboxylic acid groups (broad SMARTS) is 1. The van der Waals surface area contributed by atoms with E-state index in [4.69, 9.17) is 23.2 Å². The van der Waals surface area contributed by atoms with Crippen LogP contribution in [0.1, 0.15) is 15.9 Å². The molecule has 10 heteroatoms. The second kappa shape index (κ2) is 10.3. The summed E-state index contributed by atoms with van der Waals surface area (Å²) in [6.45, 7) is 0. The molecule has 4 rings (SSSR count). The number of carbonyl (C=O) groups excluding carboxylic acids is 1. The van der Waals surface area contributed by atoms with Crippen LogP contribution in [-0.2, 0) is 21.1 Å². The van der Waals surface area contributed by atoms with Gasteiger partial charge < -0.3 is 10.4 Å². The van der Waals surface area contributed by atoms with Crippen LogP contribution in [0.2, 0.25) is 10.0 Å². The van der Waals surface area contributed by atoms with E-state index < -0.39 is 27.8 Å². The minimum Gasteiger partial charge on any atom is -0.480 e. The molecule has 7 nitrogen and oxygen atoms in total. The highest BCUT2D eigenvalue weighted by molar-refractivity contribution is 7.90. The standard InChI is InChI=1S/C26H20Cl2N2O5S/c1-36(34,35)18-9-6-16(7-10-18)21-12-8-17-13-15(5-11-22(17)29-21)14-23(26(32)33)30-25(31)24-19(27)3-2-4-20(24)28/h2-13,23H,14H2,1H3,(H,30,31)(H,32,33). The molecule has 184 valence electrons. The average molecular weight is 543 g/mol. The molecule has 1 amide bonds. The van der Waals surface area contributed by atoms with Gasteiger partial charge in [0, 0.05) is 23.6 Å². The van der Waals surface area contributed by atoms with Crippen LogP contribution < -0.4 is 5.32 Å². The van der Waals surface area contributed by atoms with Crippen LogP contribution in [0.15, 0.2) is 77.7 Å². The number of hydrogen-bond donors (Lipinski definition) is 2. The van der Waals surface area contributed by atoms with E-state index in [1.165, 1.54) is 24.3 Å². The van der Waals surface area contributed by atoms with Gasteiger partial charge in [0.2, 0.25) is 0 Å². The number of carboxylic acids is 1. The molecule has 0 saturated heterocycles. The van der Waals surface area contributed by atoms with E-state index in [0.717, 1.165) is 17.2 Å². The number of amides is 1. The molecule has 0 bridgehead atoms. The van der Waals surface area contributed by atoms with Crippen molar-refractivity contribution >= 4 is 55.8 Å². The first-order valence-corrected chi connectivity index (χ1v) is 13.4. The number of nitrogens with one attached hydrogen (secondary N) is 1. The highest BCUT2D eigenvalue weighted by atomic mass is 35.5. The number of carbonyl (C=O) groups is 2. The molecule has 1 atom stereocenters. The molecule has 3 aromatic carbocycles. The second-order valence-corrected chi connectivity index (χ2v) is 11.0. The third-order valence-corrected chi connectivity index (χ3v) is 7.32. The molecule has 1 heterocycles. The normalized spacial score (nSPS) is 12.3. The maximum absolute atomic E-state index is 12.7. The van der Waals surface area contributed by atoms with Crippen LogP contribution in [0.25, 0.3) is 22.2 Å². The summed E-state index contributed by atoms with van der Waals surface area (Å²) >= 11 is 12.1. The quantitative estimate of drug-likeness (QED) is 0.338. The van der Waals surface area contributed by atoms with Crippen molar-refractivity contribution in [3.05, 3.63) is 94.0 Å². The van der Waals surface area contributed by atoms with Crippen LogP contribution in [0.3, 0.4) is 0 Å². The fourth-order valence-electron chi connectivity index (χ4n) is 3.72. The highest BCUT2D eigenvalue weighted by Crippen LogP contribution is 2.25. The van der Waals surface area contributed by atoms with Gasteiger partial charge in [-0.15, -0.1) is 0 Å². The fourth-order valence-corrected chi connectivity index (χ4v) is 4.92. The number of rotatable bonds is 7. The van der Waals surface area contributed by atoms with Gasteiger partial charge in [-0.3, -0.25) is 4.79 Å². The Bertz CT molecular complexity index is 1570. The van der Waals surface area contributed by atoms with Crippen molar-refractivity contribution in [3.8, 4) is 11.3 Å². The second-order valence-electron chi connectivity index (χ2n) is 8.19. The minimum atomic E-state index is -3.29. The van der Waals surface area contributed by atoms with Gasteiger partial charge in [0.25, 0.3) is 5.91 Å². The van der Waals surface area contributed by atoms with Gasteiger partial charge in [0.05, 0.1) is 31.7 Å². The maximum Gasteiger partial charge on any atom is 0.326 e. The summed E-state index contributed by atoms with van der Waals surface area (Å²) in [5, 5.41) is 13.2. The summed E-state index contributed by atoms with van der Waals surface area (Å²) in [6, 6.07) is 18.8. The third kappa shape index (κ3) is 5.67. The number of pyridine rings is 1. The van der Waals surface area contributed by atoms with Crippen molar-refractivity contribution in [1.29, 1.82) is 0 Å². The van der Waals surface area contributed by atoms with Crippen LogP contribution in [0, 0.1) is 0 Å². The number of nitrogens with zero attached hydrogens (tertiary/aromatic N) is 1. The molecule has 2 N–H and O–H groups in total. The molecule has 0 saturated carbocycles. The lowest BCUT2D eigenvalue weighted by Gasteiger charge is -2.16. The van der Waals surface area contributed by atoms with Gasteiger partial charge in [-0.05, 0) is 48.0 Å². The molecule has 1 aromatic heterocycles. The number of hydrogen-bond acceptors (Lipinski definition) is 5. The first-order chi connectivity index (χ1) is 17.0. The zero-order chi connectivity index (χ0) is 26.0. The molecule has 1 unspecified atom stereocenters. The van der Waals surface area contributed by atoms with Gasteiger partial charge in [-0.1, -0.05) is 53.5 Å². The largest absolute Gasteiger partial charge is 0.480 e. The molecular weight excluding hydrogens is 523 g/mol. The van der Waals surface area contributed by atoms with E-state index in [1.54, 1.807) is 36.4 Å². The molecular formula is C26H20Cl2N2O5S. The molecule has 36 heavy (non-hydrogen) atoms. The third-order valence-electron chi connectivity index (χ3n) is 5.56. The Morgan fingerprint density at radius 2 is 1.64 bits per heavy atom. The Balaban J connectivity index is 1.55. The fraction of sp³-hybridized carbons (Fsp3) is 0.115. The Morgan fingerprint density at radius 3 is 2.25 bits per heavy atom. The lowest BCUT2D eigenvalue weighted by Crippen LogP contribution is -2.42. The van der Waals surface area contributed by atoms with E-state index in [-0.39, 0.29) is 26.9 Å². The van der Waals surface area contributed by atoms with E-state index in [0.29, 0.717) is 16.8 Å². The van der Waals surface area contributed by atoms with E-state index >= 15 is 0 Å². The zero-order valence-corrected chi connectivity index (χ0v) is 21.2. The number of aliphatic carboxylic acids is 1. The number of sulfone groups is 1. The molecule has 0 aliphatic carbocycles. The van der Waals surface area contributed by atoms with Gasteiger partial charge in [-0.25, -0.2) is 18.2 Å². The highest BCUT2D eigenvalue weighted by Gasteiger charge is 2.24. The zero-order valence-electron chi connectivity index (χ0n) is 18.9.